The summed E-state index contributed by atoms with van der Waals surface area (Å²) in [6.07, 6.45) is 0. The van der Waals surface area contributed by atoms with Crippen LogP contribution in [-0.4, -0.2) is 43.7 Å². The highest BCUT2D eigenvalue weighted by atomic mass is 35.5. The van der Waals surface area contributed by atoms with Crippen molar-refractivity contribution in [1.29, 1.82) is 0 Å². The number of hydrogen-bond acceptors (Lipinski definition) is 4. The minimum atomic E-state index is -0.150. The van der Waals surface area contributed by atoms with Crippen LogP contribution < -0.4 is 5.32 Å². The van der Waals surface area contributed by atoms with E-state index in [4.69, 9.17) is 27.9 Å². The van der Waals surface area contributed by atoms with Crippen LogP contribution in [0.2, 0.25) is 10.0 Å². The Bertz CT molecular complexity index is 688. The molecular weight excluding hydrogens is 367 g/mol. The largest absolute Gasteiger partial charge is 0.379 e. The fourth-order valence-electron chi connectivity index (χ4n) is 2.71. The quantitative estimate of drug-likeness (QED) is 0.850. The lowest BCUT2D eigenvalue weighted by Gasteiger charge is -2.34. The van der Waals surface area contributed by atoms with Gasteiger partial charge in [-0.2, -0.15) is 0 Å². The maximum atomic E-state index is 12.4. The third-order valence-corrected chi connectivity index (χ3v) is 5.71. The molecule has 1 atom stereocenters. The van der Waals surface area contributed by atoms with Crippen LogP contribution in [0.15, 0.2) is 35.7 Å². The van der Waals surface area contributed by atoms with Gasteiger partial charge in [0, 0.05) is 30.1 Å². The summed E-state index contributed by atoms with van der Waals surface area (Å²) >= 11 is 13.6. The molecule has 0 aliphatic carbocycles. The fourth-order valence-corrected chi connectivity index (χ4v) is 3.87. The predicted octanol–water partition coefficient (Wildman–Crippen LogP) is 3.86. The van der Waals surface area contributed by atoms with Crippen LogP contribution in [0.25, 0.3) is 0 Å². The Morgan fingerprint density at radius 1 is 1.25 bits per heavy atom. The van der Waals surface area contributed by atoms with Crippen LogP contribution in [0.4, 0.5) is 0 Å². The lowest BCUT2D eigenvalue weighted by molar-refractivity contribution is 0.0169. The number of nitrogens with one attached hydrogen (secondary N) is 1. The zero-order valence-electron chi connectivity index (χ0n) is 13.0. The van der Waals surface area contributed by atoms with Gasteiger partial charge in [-0.05, 0) is 29.6 Å². The lowest BCUT2D eigenvalue weighted by Crippen LogP contribution is -2.43. The monoisotopic (exact) mass is 384 g/mol. The topological polar surface area (TPSA) is 41.6 Å². The summed E-state index contributed by atoms with van der Waals surface area (Å²) in [5.41, 5.74) is 0.510. The number of carbonyl (C=O) groups is 1. The van der Waals surface area contributed by atoms with Crippen molar-refractivity contribution in [3.8, 4) is 0 Å². The van der Waals surface area contributed by atoms with E-state index in [2.05, 4.69) is 21.7 Å². The van der Waals surface area contributed by atoms with Crippen molar-refractivity contribution >= 4 is 40.4 Å². The van der Waals surface area contributed by atoms with Crippen molar-refractivity contribution < 1.29 is 9.53 Å². The minimum Gasteiger partial charge on any atom is -0.379 e. The molecule has 2 aromatic rings. The average Bonchev–Trinajstić information content (AvgIpc) is 3.12. The van der Waals surface area contributed by atoms with E-state index < -0.39 is 0 Å². The summed E-state index contributed by atoms with van der Waals surface area (Å²) in [4.78, 5) is 16.0. The van der Waals surface area contributed by atoms with E-state index in [1.807, 2.05) is 6.07 Å². The standard InChI is InChI=1S/C17H18Cl2N2O2S/c18-13-4-3-12(10-14(13)19)17(22)20-11-15(16-2-1-9-24-16)21-5-7-23-8-6-21/h1-4,9-10,15H,5-8,11H2,(H,20,22)/t15-/m0/s1. The van der Waals surface area contributed by atoms with E-state index in [0.717, 1.165) is 26.3 Å². The van der Waals surface area contributed by atoms with Crippen molar-refractivity contribution in [2.45, 2.75) is 6.04 Å². The van der Waals surface area contributed by atoms with Gasteiger partial charge in [0.25, 0.3) is 5.91 Å². The SMILES string of the molecule is O=C(NC[C@@H](c1cccs1)N1CCOCC1)c1ccc(Cl)c(Cl)c1. The average molecular weight is 385 g/mol. The molecule has 0 bridgehead atoms. The molecule has 7 heteroatoms. The zero-order valence-corrected chi connectivity index (χ0v) is 15.3. The highest BCUT2D eigenvalue weighted by Gasteiger charge is 2.24. The summed E-state index contributed by atoms with van der Waals surface area (Å²) in [5, 5.41) is 5.90. The maximum absolute atomic E-state index is 12.4. The third-order valence-electron chi connectivity index (χ3n) is 4.00. The van der Waals surface area contributed by atoms with Gasteiger partial charge in [0.15, 0.2) is 0 Å². The molecule has 0 unspecified atom stereocenters. The lowest BCUT2D eigenvalue weighted by atomic mass is 10.1. The van der Waals surface area contributed by atoms with Gasteiger partial charge in [-0.1, -0.05) is 29.3 Å². The molecule has 0 spiro atoms. The molecule has 1 aromatic carbocycles. The van der Waals surface area contributed by atoms with Crippen LogP contribution in [0.3, 0.4) is 0 Å². The first-order valence-electron chi connectivity index (χ1n) is 7.73. The molecule has 1 N–H and O–H groups in total. The second-order valence-corrected chi connectivity index (χ2v) is 7.31. The van der Waals surface area contributed by atoms with Gasteiger partial charge in [0.2, 0.25) is 0 Å². The van der Waals surface area contributed by atoms with Crippen molar-refractivity contribution in [3.63, 3.8) is 0 Å². The number of amides is 1. The molecule has 4 nitrogen and oxygen atoms in total. The molecule has 128 valence electrons. The minimum absolute atomic E-state index is 0.150. The predicted molar refractivity (Wildman–Crippen MR) is 98.2 cm³/mol. The number of nitrogens with zero attached hydrogens (tertiary/aromatic N) is 1. The number of benzene rings is 1. The normalized spacial score (nSPS) is 16.8. The molecule has 1 fully saturated rings. The van der Waals surface area contributed by atoms with E-state index in [1.165, 1.54) is 4.88 Å². The van der Waals surface area contributed by atoms with Gasteiger partial charge >= 0.3 is 0 Å². The van der Waals surface area contributed by atoms with Gasteiger partial charge < -0.3 is 10.1 Å². The van der Waals surface area contributed by atoms with Crippen LogP contribution in [0, 0.1) is 0 Å². The number of halogens is 2. The summed E-state index contributed by atoms with van der Waals surface area (Å²) in [7, 11) is 0. The number of rotatable bonds is 5. The Balaban J connectivity index is 1.68. The van der Waals surface area contributed by atoms with E-state index in [9.17, 15) is 4.79 Å². The van der Waals surface area contributed by atoms with Crippen LogP contribution in [0.1, 0.15) is 21.3 Å². The van der Waals surface area contributed by atoms with Gasteiger partial charge in [0.1, 0.15) is 0 Å². The highest BCUT2D eigenvalue weighted by Crippen LogP contribution is 2.26. The first-order valence-corrected chi connectivity index (χ1v) is 9.37. The van der Waals surface area contributed by atoms with Gasteiger partial charge in [-0.3, -0.25) is 9.69 Å². The highest BCUT2D eigenvalue weighted by molar-refractivity contribution is 7.10. The number of hydrogen-bond donors (Lipinski definition) is 1. The Labute approximate surface area is 155 Å². The zero-order chi connectivity index (χ0) is 16.9. The smallest absolute Gasteiger partial charge is 0.251 e. The van der Waals surface area contributed by atoms with E-state index >= 15 is 0 Å². The van der Waals surface area contributed by atoms with Gasteiger partial charge in [0.05, 0.1) is 29.3 Å². The van der Waals surface area contributed by atoms with Crippen molar-refractivity contribution in [1.82, 2.24) is 10.2 Å². The molecule has 1 aromatic heterocycles. The number of morpholine rings is 1. The second kappa shape index (κ2) is 8.32. The summed E-state index contributed by atoms with van der Waals surface area (Å²) in [6, 6.07) is 9.20. The van der Waals surface area contributed by atoms with Crippen molar-refractivity contribution in [2.24, 2.45) is 0 Å². The molecule has 0 radical (unpaired) electrons. The molecule has 0 saturated carbocycles. The Morgan fingerprint density at radius 2 is 2.04 bits per heavy atom. The molecule has 1 saturated heterocycles. The van der Waals surface area contributed by atoms with E-state index in [1.54, 1.807) is 29.5 Å². The van der Waals surface area contributed by atoms with Crippen LogP contribution in [-0.2, 0) is 4.74 Å². The van der Waals surface area contributed by atoms with E-state index in [0.29, 0.717) is 22.2 Å². The fraction of sp³-hybridized carbons (Fsp3) is 0.353. The van der Waals surface area contributed by atoms with E-state index in [-0.39, 0.29) is 11.9 Å². The molecule has 1 aliphatic heterocycles. The molecule has 3 rings (SSSR count). The Morgan fingerprint density at radius 3 is 2.71 bits per heavy atom. The molecule has 24 heavy (non-hydrogen) atoms. The van der Waals surface area contributed by atoms with Crippen LogP contribution >= 0.6 is 34.5 Å². The third kappa shape index (κ3) is 4.29. The summed E-state index contributed by atoms with van der Waals surface area (Å²) in [5.74, 6) is -0.150. The van der Waals surface area contributed by atoms with Gasteiger partial charge in [-0.25, -0.2) is 0 Å². The number of carbonyl (C=O) groups excluding carboxylic acids is 1. The molecule has 1 amide bonds. The maximum Gasteiger partial charge on any atom is 0.251 e. The van der Waals surface area contributed by atoms with Crippen molar-refractivity contribution in [2.75, 3.05) is 32.8 Å². The first kappa shape index (κ1) is 17.7. The second-order valence-electron chi connectivity index (χ2n) is 5.52. The molecular formula is C17H18Cl2N2O2S. The van der Waals surface area contributed by atoms with Crippen molar-refractivity contribution in [3.05, 3.63) is 56.2 Å². The molecule has 2 heterocycles. The summed E-state index contributed by atoms with van der Waals surface area (Å²) < 4.78 is 5.43. The van der Waals surface area contributed by atoms with Gasteiger partial charge in [-0.15, -0.1) is 11.3 Å². The summed E-state index contributed by atoms with van der Waals surface area (Å²) in [6.45, 7) is 3.72. The van der Waals surface area contributed by atoms with Crippen LogP contribution in [0.5, 0.6) is 0 Å². The Hall–Kier alpha value is -1.11. The Kier molecular flexibility index (Phi) is 6.14. The first-order chi connectivity index (χ1) is 11.6. The number of thiophene rings is 1. The number of ether oxygens (including phenoxy) is 1. The molecule has 1 aliphatic rings.